The number of carbonyl (C=O) groups is 1. The fourth-order valence-electron chi connectivity index (χ4n) is 1.56. The van der Waals surface area contributed by atoms with Gasteiger partial charge in [0.25, 0.3) is 5.91 Å². The first-order valence-corrected chi connectivity index (χ1v) is 6.84. The van der Waals surface area contributed by atoms with Gasteiger partial charge in [-0.2, -0.15) is 0 Å². The molecule has 0 spiro atoms. The van der Waals surface area contributed by atoms with Crippen LogP contribution in [0.15, 0.2) is 21.1 Å². The van der Waals surface area contributed by atoms with Crippen LogP contribution < -0.4 is 0 Å². The Morgan fingerprint density at radius 2 is 1.81 bits per heavy atom. The van der Waals surface area contributed by atoms with E-state index in [4.69, 9.17) is 0 Å². The number of rotatable bonds is 3. The van der Waals surface area contributed by atoms with Crippen LogP contribution in [0.2, 0.25) is 0 Å². The summed E-state index contributed by atoms with van der Waals surface area (Å²) in [7, 11) is 0. The Bertz CT molecular complexity index is 400. The number of carbonyl (C=O) groups excluding carboxylic acids is 1. The highest BCUT2D eigenvalue weighted by molar-refractivity contribution is 9.13. The quantitative estimate of drug-likeness (QED) is 0.808. The number of amides is 1. The van der Waals surface area contributed by atoms with E-state index in [-0.39, 0.29) is 5.91 Å². The van der Waals surface area contributed by atoms with Gasteiger partial charge in [0, 0.05) is 22.0 Å². The first kappa shape index (κ1) is 13.7. The van der Waals surface area contributed by atoms with Crippen LogP contribution >= 0.6 is 31.9 Å². The fraction of sp³-hybridized carbons (Fsp3) is 0.417. The molecule has 0 bridgehead atoms. The number of benzene rings is 1. The van der Waals surface area contributed by atoms with Crippen molar-refractivity contribution in [3.05, 3.63) is 32.2 Å². The fourth-order valence-corrected chi connectivity index (χ4v) is 2.53. The normalized spacial score (nSPS) is 10.3. The minimum absolute atomic E-state index is 0.0706. The maximum Gasteiger partial charge on any atom is 0.255 e. The summed E-state index contributed by atoms with van der Waals surface area (Å²) in [6.45, 7) is 7.41. The maximum absolute atomic E-state index is 12.2. The molecule has 0 saturated carbocycles. The first-order valence-electron chi connectivity index (χ1n) is 5.26. The number of aryl methyl sites for hydroxylation is 1. The zero-order valence-corrected chi connectivity index (χ0v) is 12.9. The Balaban J connectivity index is 3.17. The molecule has 1 aromatic carbocycles. The van der Waals surface area contributed by atoms with Crippen LogP contribution in [-0.2, 0) is 0 Å². The lowest BCUT2D eigenvalue weighted by atomic mass is 10.1. The Morgan fingerprint density at radius 3 is 2.31 bits per heavy atom. The van der Waals surface area contributed by atoms with Crippen molar-refractivity contribution in [2.45, 2.75) is 20.8 Å². The van der Waals surface area contributed by atoms with Crippen molar-refractivity contribution >= 4 is 37.8 Å². The van der Waals surface area contributed by atoms with E-state index in [1.807, 2.05) is 37.8 Å². The van der Waals surface area contributed by atoms with Crippen molar-refractivity contribution in [2.24, 2.45) is 0 Å². The monoisotopic (exact) mass is 347 g/mol. The molecule has 4 heteroatoms. The molecule has 0 fully saturated rings. The van der Waals surface area contributed by atoms with Crippen molar-refractivity contribution in [1.29, 1.82) is 0 Å². The van der Waals surface area contributed by atoms with Gasteiger partial charge < -0.3 is 4.90 Å². The number of hydrogen-bond donors (Lipinski definition) is 0. The highest BCUT2D eigenvalue weighted by Gasteiger charge is 2.17. The molecule has 1 aromatic rings. The minimum Gasteiger partial charge on any atom is -0.339 e. The summed E-state index contributed by atoms with van der Waals surface area (Å²) in [6, 6.07) is 3.90. The summed E-state index contributed by atoms with van der Waals surface area (Å²) >= 11 is 6.89. The van der Waals surface area contributed by atoms with E-state index in [0.29, 0.717) is 0 Å². The van der Waals surface area contributed by atoms with Crippen LogP contribution in [0, 0.1) is 6.92 Å². The van der Waals surface area contributed by atoms with Crippen LogP contribution in [-0.4, -0.2) is 23.9 Å². The first-order chi connectivity index (χ1) is 7.51. The molecule has 0 aliphatic rings. The molecule has 0 heterocycles. The van der Waals surface area contributed by atoms with Crippen molar-refractivity contribution in [3.8, 4) is 0 Å². The highest BCUT2D eigenvalue weighted by Crippen LogP contribution is 2.29. The molecule has 88 valence electrons. The third-order valence-electron chi connectivity index (χ3n) is 2.45. The van der Waals surface area contributed by atoms with Gasteiger partial charge in [-0.25, -0.2) is 0 Å². The number of halogens is 2. The zero-order chi connectivity index (χ0) is 12.3. The Morgan fingerprint density at radius 1 is 1.25 bits per heavy atom. The molecule has 0 N–H and O–H groups in total. The molecule has 1 rings (SSSR count). The molecule has 0 aliphatic carbocycles. The smallest absolute Gasteiger partial charge is 0.255 e. The average molecular weight is 349 g/mol. The van der Waals surface area contributed by atoms with Crippen molar-refractivity contribution in [2.75, 3.05) is 13.1 Å². The predicted octanol–water partition coefficient (Wildman–Crippen LogP) is 4.00. The largest absolute Gasteiger partial charge is 0.339 e. The van der Waals surface area contributed by atoms with Crippen molar-refractivity contribution in [3.63, 3.8) is 0 Å². The van der Waals surface area contributed by atoms with Gasteiger partial charge in [0.2, 0.25) is 0 Å². The lowest BCUT2D eigenvalue weighted by molar-refractivity contribution is 0.0772. The third-order valence-corrected chi connectivity index (χ3v) is 4.47. The lowest BCUT2D eigenvalue weighted by Gasteiger charge is -2.20. The molecular weight excluding hydrogens is 334 g/mol. The molecule has 0 radical (unpaired) electrons. The van der Waals surface area contributed by atoms with Gasteiger partial charge in [-0.1, -0.05) is 0 Å². The molecule has 1 amide bonds. The predicted molar refractivity (Wildman–Crippen MR) is 73.8 cm³/mol. The molecular formula is C12H15Br2NO. The van der Waals surface area contributed by atoms with E-state index in [1.54, 1.807) is 0 Å². The maximum atomic E-state index is 12.2. The number of hydrogen-bond acceptors (Lipinski definition) is 1. The van der Waals surface area contributed by atoms with Gasteiger partial charge in [-0.15, -0.1) is 0 Å². The number of nitrogens with zero attached hydrogens (tertiary/aromatic N) is 1. The Kier molecular flexibility index (Phi) is 4.99. The Hall–Kier alpha value is -0.350. The summed E-state index contributed by atoms with van der Waals surface area (Å²) in [4.78, 5) is 14.0. The van der Waals surface area contributed by atoms with E-state index >= 15 is 0 Å². The average Bonchev–Trinajstić information content (AvgIpc) is 2.24. The van der Waals surface area contributed by atoms with E-state index < -0.39 is 0 Å². The second-order valence-corrected chi connectivity index (χ2v) is 5.23. The molecule has 16 heavy (non-hydrogen) atoms. The second-order valence-electron chi connectivity index (χ2n) is 3.59. The van der Waals surface area contributed by atoms with Crippen LogP contribution in [0.4, 0.5) is 0 Å². The summed E-state index contributed by atoms with van der Waals surface area (Å²) < 4.78 is 1.75. The van der Waals surface area contributed by atoms with Gasteiger partial charge in [0.1, 0.15) is 0 Å². The molecule has 0 aromatic heterocycles. The topological polar surface area (TPSA) is 20.3 Å². The van der Waals surface area contributed by atoms with E-state index in [9.17, 15) is 4.79 Å². The van der Waals surface area contributed by atoms with Crippen LogP contribution in [0.1, 0.15) is 29.8 Å². The summed E-state index contributed by atoms with van der Waals surface area (Å²) in [6.07, 6.45) is 0. The molecule has 0 saturated heterocycles. The Labute approximate surface area is 113 Å². The van der Waals surface area contributed by atoms with Gasteiger partial charge >= 0.3 is 0 Å². The van der Waals surface area contributed by atoms with Crippen LogP contribution in [0.5, 0.6) is 0 Å². The minimum atomic E-state index is 0.0706. The SMILES string of the molecule is CCN(CC)C(=O)c1cc(C)cc(Br)c1Br. The van der Waals surface area contributed by atoms with Crippen molar-refractivity contribution < 1.29 is 4.79 Å². The highest BCUT2D eigenvalue weighted by atomic mass is 79.9. The van der Waals surface area contributed by atoms with E-state index in [1.165, 1.54) is 0 Å². The second kappa shape index (κ2) is 5.82. The van der Waals surface area contributed by atoms with Crippen molar-refractivity contribution in [1.82, 2.24) is 4.90 Å². The summed E-state index contributed by atoms with van der Waals surface area (Å²) in [5.74, 6) is 0.0706. The lowest BCUT2D eigenvalue weighted by Crippen LogP contribution is -2.30. The zero-order valence-electron chi connectivity index (χ0n) is 9.68. The van der Waals surface area contributed by atoms with Gasteiger partial charge in [-0.05, 0) is 70.3 Å². The van der Waals surface area contributed by atoms with Crippen LogP contribution in [0.25, 0.3) is 0 Å². The van der Waals surface area contributed by atoms with Gasteiger partial charge in [0.15, 0.2) is 0 Å². The standard InChI is InChI=1S/C12H15Br2NO/c1-4-15(5-2)12(16)9-6-8(3)7-10(13)11(9)14/h6-7H,4-5H2,1-3H3. The molecule has 2 nitrogen and oxygen atoms in total. The van der Waals surface area contributed by atoms with Crippen LogP contribution in [0.3, 0.4) is 0 Å². The molecule has 0 unspecified atom stereocenters. The third kappa shape index (κ3) is 2.86. The summed E-state index contributed by atoms with van der Waals surface area (Å²) in [5, 5.41) is 0. The van der Waals surface area contributed by atoms with Gasteiger partial charge in [0.05, 0.1) is 5.56 Å². The van der Waals surface area contributed by atoms with E-state index in [2.05, 4.69) is 31.9 Å². The molecule has 0 atom stereocenters. The summed E-state index contributed by atoms with van der Waals surface area (Å²) in [5.41, 5.74) is 1.79. The van der Waals surface area contributed by atoms with E-state index in [0.717, 1.165) is 33.2 Å². The van der Waals surface area contributed by atoms with Gasteiger partial charge in [-0.3, -0.25) is 4.79 Å². The molecule has 0 aliphatic heterocycles.